The highest BCUT2D eigenvalue weighted by Gasteiger charge is 2.09. The number of methoxy groups -OCH3 is 1. The highest BCUT2D eigenvalue weighted by atomic mass is 35.5. The predicted molar refractivity (Wildman–Crippen MR) is 63.9 cm³/mol. The zero-order valence-corrected chi connectivity index (χ0v) is 10.7. The number of ether oxygens (including phenoxy) is 2. The number of rotatable bonds is 5. The quantitative estimate of drug-likeness (QED) is 0.778. The molecule has 0 aromatic heterocycles. The fourth-order valence-corrected chi connectivity index (χ4v) is 1.57. The number of ketones is 1. The molecule has 88 valence electrons. The van der Waals surface area contributed by atoms with Crippen LogP contribution >= 0.6 is 34.8 Å². The molecule has 3 nitrogen and oxygen atoms in total. The molecule has 0 unspecified atom stereocenters. The van der Waals surface area contributed by atoms with Gasteiger partial charge in [0.25, 0.3) is 0 Å². The van der Waals surface area contributed by atoms with Gasteiger partial charge in [0.05, 0.1) is 15.1 Å². The normalized spacial score (nSPS) is 10.2. The monoisotopic (exact) mass is 282 g/mol. The van der Waals surface area contributed by atoms with E-state index in [-0.39, 0.29) is 19.0 Å². The molecule has 0 amide bonds. The van der Waals surface area contributed by atoms with E-state index < -0.39 is 0 Å². The molecule has 0 radical (unpaired) electrons. The number of hydrogen-bond acceptors (Lipinski definition) is 3. The van der Waals surface area contributed by atoms with Gasteiger partial charge in [0.1, 0.15) is 19.0 Å². The summed E-state index contributed by atoms with van der Waals surface area (Å²) in [7, 11) is 1.43. The Morgan fingerprint density at radius 3 is 2.38 bits per heavy atom. The molecule has 0 aliphatic carbocycles. The second kappa shape index (κ2) is 6.30. The van der Waals surface area contributed by atoms with Gasteiger partial charge in [-0.15, -0.1) is 0 Å². The Bertz CT molecular complexity index is 393. The summed E-state index contributed by atoms with van der Waals surface area (Å²) in [5.74, 6) is 0.130. The molecule has 0 spiro atoms. The molecular weight excluding hydrogens is 274 g/mol. The molecule has 0 heterocycles. The van der Waals surface area contributed by atoms with Crippen molar-refractivity contribution in [2.24, 2.45) is 0 Å². The molecule has 16 heavy (non-hydrogen) atoms. The standard InChI is InChI=1S/C10H9Cl3O3/c1-15-4-6(14)5-16-10-3-8(12)7(11)2-9(10)13/h2-3H,4-5H2,1H3. The molecule has 0 bridgehead atoms. The van der Waals surface area contributed by atoms with E-state index in [0.29, 0.717) is 20.8 Å². The first-order chi connectivity index (χ1) is 7.54. The Balaban J connectivity index is 2.67. The van der Waals surface area contributed by atoms with Crippen LogP contribution in [-0.2, 0) is 9.53 Å². The van der Waals surface area contributed by atoms with Crippen molar-refractivity contribution in [2.75, 3.05) is 20.3 Å². The highest BCUT2D eigenvalue weighted by Crippen LogP contribution is 2.33. The number of halogens is 3. The van der Waals surface area contributed by atoms with E-state index in [4.69, 9.17) is 39.5 Å². The van der Waals surface area contributed by atoms with Crippen LogP contribution in [0.2, 0.25) is 15.1 Å². The zero-order chi connectivity index (χ0) is 12.1. The van der Waals surface area contributed by atoms with Gasteiger partial charge >= 0.3 is 0 Å². The molecule has 0 saturated heterocycles. The summed E-state index contributed by atoms with van der Waals surface area (Å²) < 4.78 is 9.84. The van der Waals surface area contributed by atoms with Crippen LogP contribution in [0.25, 0.3) is 0 Å². The molecule has 1 aromatic rings. The van der Waals surface area contributed by atoms with Crippen molar-refractivity contribution in [3.63, 3.8) is 0 Å². The second-order valence-corrected chi connectivity index (χ2v) is 4.18. The summed E-state index contributed by atoms with van der Waals surface area (Å²) in [6, 6.07) is 2.92. The van der Waals surface area contributed by atoms with Crippen molar-refractivity contribution in [3.8, 4) is 5.75 Å². The number of Topliss-reactive ketones (excluding diaryl/α,β-unsaturated/α-hetero) is 1. The summed E-state index contributed by atoms with van der Waals surface area (Å²) in [5, 5.41) is 0.960. The fourth-order valence-electron chi connectivity index (χ4n) is 0.976. The van der Waals surface area contributed by atoms with Crippen LogP contribution in [0.4, 0.5) is 0 Å². The molecule has 1 aromatic carbocycles. The third-order valence-corrected chi connectivity index (χ3v) is 2.69. The number of benzene rings is 1. The van der Waals surface area contributed by atoms with E-state index in [1.54, 1.807) is 0 Å². The molecule has 0 fully saturated rings. The van der Waals surface area contributed by atoms with Gasteiger partial charge in [-0.05, 0) is 6.07 Å². The minimum atomic E-state index is -0.190. The van der Waals surface area contributed by atoms with Gasteiger partial charge in [0, 0.05) is 13.2 Å². The molecule has 0 aliphatic rings. The lowest BCUT2D eigenvalue weighted by Crippen LogP contribution is -2.16. The second-order valence-electron chi connectivity index (χ2n) is 2.96. The van der Waals surface area contributed by atoms with Crippen LogP contribution in [0.15, 0.2) is 12.1 Å². The third-order valence-electron chi connectivity index (χ3n) is 1.67. The predicted octanol–water partition coefficient (Wildman–Crippen LogP) is 3.24. The Hall–Kier alpha value is -0.480. The SMILES string of the molecule is COCC(=O)COc1cc(Cl)c(Cl)cc1Cl. The van der Waals surface area contributed by atoms with Crippen molar-refractivity contribution >= 4 is 40.6 Å². The van der Waals surface area contributed by atoms with E-state index in [0.717, 1.165) is 0 Å². The number of carbonyl (C=O) groups excluding carboxylic acids is 1. The summed E-state index contributed by atoms with van der Waals surface area (Å²) in [4.78, 5) is 11.1. The number of hydrogen-bond donors (Lipinski definition) is 0. The fraction of sp³-hybridized carbons (Fsp3) is 0.300. The van der Waals surface area contributed by atoms with E-state index in [2.05, 4.69) is 4.74 Å². The van der Waals surface area contributed by atoms with Gasteiger partial charge in [-0.2, -0.15) is 0 Å². The molecule has 1 rings (SSSR count). The van der Waals surface area contributed by atoms with Crippen molar-refractivity contribution in [3.05, 3.63) is 27.2 Å². The van der Waals surface area contributed by atoms with Crippen LogP contribution in [0, 0.1) is 0 Å². The van der Waals surface area contributed by atoms with Crippen molar-refractivity contribution in [1.82, 2.24) is 0 Å². The van der Waals surface area contributed by atoms with E-state index in [1.165, 1.54) is 19.2 Å². The molecular formula is C10H9Cl3O3. The van der Waals surface area contributed by atoms with Gasteiger partial charge < -0.3 is 9.47 Å². The third kappa shape index (κ3) is 3.83. The Kier molecular flexibility index (Phi) is 5.35. The summed E-state index contributed by atoms with van der Waals surface area (Å²) in [6.45, 7) is -0.121. The van der Waals surface area contributed by atoms with Gasteiger partial charge in [0.15, 0.2) is 5.78 Å². The molecule has 6 heteroatoms. The lowest BCUT2D eigenvalue weighted by Gasteiger charge is -2.08. The van der Waals surface area contributed by atoms with Crippen LogP contribution < -0.4 is 4.74 Å². The summed E-state index contributed by atoms with van der Waals surface area (Å²) >= 11 is 17.4. The molecule has 0 atom stereocenters. The van der Waals surface area contributed by atoms with Crippen LogP contribution in [-0.4, -0.2) is 26.1 Å². The lowest BCUT2D eigenvalue weighted by molar-refractivity contribution is -0.124. The minimum Gasteiger partial charge on any atom is -0.484 e. The van der Waals surface area contributed by atoms with Crippen molar-refractivity contribution in [1.29, 1.82) is 0 Å². The molecule has 0 N–H and O–H groups in total. The average molecular weight is 284 g/mol. The van der Waals surface area contributed by atoms with Crippen LogP contribution in [0.5, 0.6) is 5.75 Å². The minimum absolute atomic E-state index is 0.00105. The van der Waals surface area contributed by atoms with Crippen molar-refractivity contribution in [2.45, 2.75) is 0 Å². The van der Waals surface area contributed by atoms with Gasteiger partial charge in [-0.25, -0.2) is 0 Å². The first kappa shape index (κ1) is 13.6. The maximum Gasteiger partial charge on any atom is 0.195 e. The Morgan fingerprint density at radius 2 is 1.75 bits per heavy atom. The largest absolute Gasteiger partial charge is 0.484 e. The molecule has 0 saturated carbocycles. The maximum absolute atomic E-state index is 11.1. The highest BCUT2D eigenvalue weighted by molar-refractivity contribution is 6.43. The topological polar surface area (TPSA) is 35.5 Å². The molecule has 0 aliphatic heterocycles. The maximum atomic E-state index is 11.1. The lowest BCUT2D eigenvalue weighted by atomic mass is 10.3. The average Bonchev–Trinajstić information content (AvgIpc) is 2.22. The summed E-state index contributed by atoms with van der Waals surface area (Å²) in [5.41, 5.74) is 0. The Morgan fingerprint density at radius 1 is 1.12 bits per heavy atom. The first-order valence-corrected chi connectivity index (χ1v) is 5.46. The van der Waals surface area contributed by atoms with Gasteiger partial charge in [-0.1, -0.05) is 34.8 Å². The summed E-state index contributed by atoms with van der Waals surface area (Å²) in [6.07, 6.45) is 0. The zero-order valence-electron chi connectivity index (χ0n) is 8.43. The van der Waals surface area contributed by atoms with E-state index >= 15 is 0 Å². The van der Waals surface area contributed by atoms with Gasteiger partial charge in [-0.3, -0.25) is 4.79 Å². The smallest absolute Gasteiger partial charge is 0.195 e. The van der Waals surface area contributed by atoms with Crippen molar-refractivity contribution < 1.29 is 14.3 Å². The van der Waals surface area contributed by atoms with E-state index in [1.807, 2.05) is 0 Å². The van der Waals surface area contributed by atoms with Crippen LogP contribution in [0.1, 0.15) is 0 Å². The van der Waals surface area contributed by atoms with Crippen LogP contribution in [0.3, 0.4) is 0 Å². The van der Waals surface area contributed by atoms with E-state index in [9.17, 15) is 4.79 Å². The first-order valence-electron chi connectivity index (χ1n) is 4.32. The Labute approximate surface area is 108 Å². The van der Waals surface area contributed by atoms with Gasteiger partial charge in [0.2, 0.25) is 0 Å². The number of carbonyl (C=O) groups is 1.